The summed E-state index contributed by atoms with van der Waals surface area (Å²) in [4.78, 5) is 15.0. The number of aromatic amines is 1. The minimum Gasteiger partial charge on any atom is -0.462 e. The zero-order valence-electron chi connectivity index (χ0n) is 20.1. The summed E-state index contributed by atoms with van der Waals surface area (Å²) in [7, 11) is -4.22. The Kier molecular flexibility index (Phi) is 9.56. The number of alkyl halides is 1. The van der Waals surface area contributed by atoms with Gasteiger partial charge in [0.2, 0.25) is 0 Å². The Labute approximate surface area is 218 Å². The van der Waals surface area contributed by atoms with Crippen molar-refractivity contribution in [3.8, 4) is 5.75 Å². The molecular weight excluding hydrogens is 532 g/mol. The topological polar surface area (TPSA) is 124 Å². The number of aliphatic hydroxyl groups excluding tert-OH is 1. The second-order valence-corrected chi connectivity index (χ2v) is 11.0. The van der Waals surface area contributed by atoms with E-state index in [1.54, 1.807) is 51.1 Å². The second-order valence-electron chi connectivity index (χ2n) is 8.51. The lowest BCUT2D eigenvalue weighted by atomic mass is 10.1. The van der Waals surface area contributed by atoms with Crippen molar-refractivity contribution >= 4 is 38.2 Å². The van der Waals surface area contributed by atoms with Crippen molar-refractivity contribution in [1.82, 2.24) is 14.6 Å². The molecule has 36 heavy (non-hydrogen) atoms. The number of ether oxygens (including phenoxy) is 2. The summed E-state index contributed by atoms with van der Waals surface area (Å²) in [5, 5.41) is 13.0. The molecule has 3 rings (SSSR count). The van der Waals surface area contributed by atoms with Crippen molar-refractivity contribution in [3.63, 3.8) is 0 Å². The van der Waals surface area contributed by atoms with E-state index in [-0.39, 0.29) is 16.6 Å². The maximum Gasteiger partial charge on any atom is 0.459 e. The highest BCUT2D eigenvalue weighted by Gasteiger charge is 2.46. The number of carbonyl (C=O) groups excluding carboxylic acids is 1. The number of nitrogens with one attached hydrogen (secondary N) is 2. The third-order valence-electron chi connectivity index (χ3n) is 5.15. The van der Waals surface area contributed by atoms with Gasteiger partial charge in [-0.2, -0.15) is 5.09 Å². The van der Waals surface area contributed by atoms with Gasteiger partial charge >= 0.3 is 13.7 Å². The van der Waals surface area contributed by atoms with Crippen LogP contribution in [0.25, 0.3) is 0 Å². The van der Waals surface area contributed by atoms with Gasteiger partial charge in [-0.3, -0.25) is 13.9 Å². The van der Waals surface area contributed by atoms with Crippen LogP contribution >= 0.6 is 32.2 Å². The molecule has 0 amide bonds. The third-order valence-corrected chi connectivity index (χ3v) is 7.53. The highest BCUT2D eigenvalue weighted by Crippen LogP contribution is 2.46. The number of H-pyrrole nitrogens is 1. The maximum atomic E-state index is 15.0. The maximum absolute atomic E-state index is 15.0. The van der Waals surface area contributed by atoms with Gasteiger partial charge in [0.25, 0.3) is 0 Å². The number of rotatable bonds is 10. The van der Waals surface area contributed by atoms with E-state index in [0.29, 0.717) is 10.2 Å². The lowest BCUT2D eigenvalue weighted by Gasteiger charge is -2.25. The van der Waals surface area contributed by atoms with Gasteiger partial charge in [0.1, 0.15) is 28.6 Å². The fraction of sp³-hybridized carbons (Fsp3) is 0.500. The van der Waals surface area contributed by atoms with E-state index in [2.05, 4.69) is 10.1 Å². The van der Waals surface area contributed by atoms with E-state index in [0.717, 1.165) is 0 Å². The van der Waals surface area contributed by atoms with Crippen LogP contribution in [0, 0.1) is 16.3 Å². The number of aliphatic hydroxyl groups is 1. The molecule has 1 saturated heterocycles. The van der Waals surface area contributed by atoms with Crippen molar-refractivity contribution in [2.45, 2.75) is 64.4 Å². The quantitative estimate of drug-likeness (QED) is 0.220. The zero-order valence-corrected chi connectivity index (χ0v) is 22.6. The molecule has 0 saturated carbocycles. The fourth-order valence-corrected chi connectivity index (χ4v) is 5.32. The predicted octanol–water partition coefficient (Wildman–Crippen LogP) is 4.31. The van der Waals surface area contributed by atoms with Crippen LogP contribution in [0.4, 0.5) is 4.39 Å². The Hall–Kier alpha value is -1.99. The van der Waals surface area contributed by atoms with Gasteiger partial charge in [0.05, 0.1) is 12.7 Å². The molecule has 1 aliphatic heterocycles. The molecule has 1 unspecified atom stereocenters. The summed E-state index contributed by atoms with van der Waals surface area (Å²) >= 11 is 10.4. The van der Waals surface area contributed by atoms with Crippen molar-refractivity contribution in [2.75, 3.05) is 6.61 Å². The number of hydrogen-bond acceptors (Lipinski definition) is 9. The Balaban J connectivity index is 1.77. The average Bonchev–Trinajstić information content (AvgIpc) is 3.08. The molecule has 0 spiro atoms. The van der Waals surface area contributed by atoms with Crippen molar-refractivity contribution in [1.29, 1.82) is 0 Å². The first-order valence-corrected chi connectivity index (χ1v) is 13.5. The number of hydrogen-bond donors (Lipinski definition) is 3. The molecule has 0 bridgehead atoms. The Morgan fingerprint density at radius 2 is 1.97 bits per heavy atom. The average molecular weight is 562 g/mol. The summed E-state index contributed by atoms with van der Waals surface area (Å²) in [5.41, 5.74) is 0.635. The minimum atomic E-state index is -4.22. The molecular formula is C22H29FN3O7PS2. The van der Waals surface area contributed by atoms with Crippen LogP contribution < -0.4 is 9.61 Å². The van der Waals surface area contributed by atoms with Crippen LogP contribution in [-0.4, -0.2) is 57.8 Å². The van der Waals surface area contributed by atoms with E-state index in [1.165, 1.54) is 17.7 Å². The summed E-state index contributed by atoms with van der Waals surface area (Å²) < 4.78 is 52.3. The molecule has 1 fully saturated rings. The van der Waals surface area contributed by atoms with E-state index in [1.807, 2.05) is 0 Å². The van der Waals surface area contributed by atoms with Crippen LogP contribution in [0.15, 0.2) is 36.5 Å². The molecule has 3 N–H and O–H groups in total. The lowest BCUT2D eigenvalue weighted by molar-refractivity contribution is -0.149. The van der Waals surface area contributed by atoms with Crippen molar-refractivity contribution < 1.29 is 37.4 Å². The number of esters is 1. The monoisotopic (exact) mass is 561 g/mol. The van der Waals surface area contributed by atoms with Crippen LogP contribution in [0.5, 0.6) is 5.75 Å². The van der Waals surface area contributed by atoms with Gasteiger partial charge in [-0.1, -0.05) is 30.4 Å². The first kappa shape index (κ1) is 28.6. The smallest absolute Gasteiger partial charge is 0.459 e. The highest BCUT2D eigenvalue weighted by molar-refractivity contribution is 7.72. The third kappa shape index (κ3) is 7.06. The number of para-hydroxylation sites is 1. The number of aromatic nitrogens is 2. The Morgan fingerprint density at radius 1 is 1.31 bits per heavy atom. The summed E-state index contributed by atoms with van der Waals surface area (Å²) in [6.45, 7) is 6.00. The molecule has 6 atom stereocenters. The first-order chi connectivity index (χ1) is 16.9. The van der Waals surface area contributed by atoms with Gasteiger partial charge < -0.3 is 24.1 Å². The van der Waals surface area contributed by atoms with Crippen molar-refractivity contribution in [2.24, 2.45) is 0 Å². The molecule has 2 aromatic rings. The van der Waals surface area contributed by atoms with Crippen LogP contribution in [0.2, 0.25) is 0 Å². The summed E-state index contributed by atoms with van der Waals surface area (Å²) in [6.07, 6.45) is -4.83. The number of halogens is 1. The Morgan fingerprint density at radius 3 is 2.61 bits per heavy atom. The van der Waals surface area contributed by atoms with Crippen molar-refractivity contribution in [3.05, 3.63) is 51.5 Å². The molecule has 2 heterocycles. The van der Waals surface area contributed by atoms with Crippen LogP contribution in [0.1, 0.15) is 32.6 Å². The molecule has 1 aliphatic rings. The number of carbonyl (C=O) groups is 1. The fourth-order valence-electron chi connectivity index (χ4n) is 3.35. The standard InChI is InChI=1S/C22H29FN3O7PS2/c1-12(2)31-21(28)14(4)25-34(29,33-15-8-6-5-7-9-15)30-11-16-18(27)17(23)20(32-16)26-10-13(3)19(35)24-22(26)36/h5-10,12,14,16-18,20,27H,11H2,1-4H3,(H,25,29)(H,24,35,36)/t14-,16-,17+,18?,20-,34-/m0/s1. The molecule has 0 radical (unpaired) electrons. The summed E-state index contributed by atoms with van der Waals surface area (Å²) in [6, 6.07) is 7.09. The normalized spacial score (nSPS) is 24.3. The number of benzene rings is 1. The molecule has 14 heteroatoms. The van der Waals surface area contributed by atoms with E-state index in [9.17, 15) is 14.5 Å². The number of aryl methyl sites for hydroxylation is 1. The molecule has 1 aromatic heterocycles. The molecule has 1 aromatic carbocycles. The first-order valence-electron chi connectivity index (χ1n) is 11.2. The predicted molar refractivity (Wildman–Crippen MR) is 134 cm³/mol. The van der Waals surface area contributed by atoms with E-state index >= 15 is 4.39 Å². The van der Waals surface area contributed by atoms with E-state index < -0.39 is 51.0 Å². The molecule has 198 valence electrons. The van der Waals surface area contributed by atoms with Gasteiger partial charge in [-0.05, 0) is 52.0 Å². The molecule has 10 nitrogen and oxygen atoms in total. The van der Waals surface area contributed by atoms with E-state index in [4.69, 9.17) is 43.0 Å². The van der Waals surface area contributed by atoms with Gasteiger partial charge in [-0.15, -0.1) is 0 Å². The lowest BCUT2D eigenvalue weighted by Crippen LogP contribution is -2.37. The Bertz CT molecular complexity index is 1230. The largest absolute Gasteiger partial charge is 0.462 e. The van der Waals surface area contributed by atoms with Gasteiger partial charge in [-0.25, -0.2) is 8.96 Å². The SMILES string of the molecule is Cc1cn([C@H]2O[C@@H](CO[P@@](=O)(N[C@@H](C)C(=O)OC(C)C)Oc3ccccc3)C(O)[C@H]2F)c(=S)[nH]c1=S. The van der Waals surface area contributed by atoms with Gasteiger partial charge in [0, 0.05) is 11.8 Å². The van der Waals surface area contributed by atoms with Gasteiger partial charge in [0.15, 0.2) is 17.2 Å². The summed E-state index contributed by atoms with van der Waals surface area (Å²) in [5.74, 6) is -0.467. The molecule has 0 aliphatic carbocycles. The minimum absolute atomic E-state index is 0.115. The second kappa shape index (κ2) is 12.0. The number of nitrogens with zero attached hydrogens (tertiary/aromatic N) is 1. The van der Waals surface area contributed by atoms with Crippen LogP contribution in [-0.2, 0) is 23.4 Å². The van der Waals surface area contributed by atoms with Crippen LogP contribution in [0.3, 0.4) is 0 Å². The zero-order chi connectivity index (χ0) is 26.6. The highest BCUT2D eigenvalue weighted by atomic mass is 32.1.